The Balaban J connectivity index is 1.66. The number of nitrogens with one attached hydrogen (secondary N) is 2. The summed E-state index contributed by atoms with van der Waals surface area (Å²) in [7, 11) is -3.30. The first-order chi connectivity index (χ1) is 11.0. The fourth-order valence-corrected chi connectivity index (χ4v) is 4.49. The highest BCUT2D eigenvalue weighted by Gasteiger charge is 2.32. The summed E-state index contributed by atoms with van der Waals surface area (Å²) in [5.74, 6) is -0.149. The summed E-state index contributed by atoms with van der Waals surface area (Å²) in [5, 5.41) is 2.89. The summed E-state index contributed by atoms with van der Waals surface area (Å²) >= 11 is 0. The Labute approximate surface area is 138 Å². The molecule has 2 aliphatic rings. The number of amides is 1. The lowest BCUT2D eigenvalue weighted by molar-refractivity contribution is -0.130. The van der Waals surface area contributed by atoms with Gasteiger partial charge in [-0.1, -0.05) is 19.3 Å². The Bertz CT molecular complexity index is 537. The van der Waals surface area contributed by atoms with Gasteiger partial charge in [-0.05, 0) is 19.3 Å². The van der Waals surface area contributed by atoms with Crippen LogP contribution in [-0.2, 0) is 14.8 Å². The minimum absolute atomic E-state index is 0.0248. The van der Waals surface area contributed by atoms with E-state index in [2.05, 4.69) is 14.9 Å². The molecule has 0 aromatic heterocycles. The zero-order valence-corrected chi connectivity index (χ0v) is 14.3. The fraction of sp³-hybridized carbons (Fsp3) is 0.867. The van der Waals surface area contributed by atoms with E-state index in [0.717, 1.165) is 38.5 Å². The predicted octanol–water partition coefficient (Wildman–Crippen LogP) is 0.696. The molecule has 1 atom stereocenters. The van der Waals surface area contributed by atoms with Gasteiger partial charge in [0, 0.05) is 25.6 Å². The van der Waals surface area contributed by atoms with Gasteiger partial charge in [-0.2, -0.15) is 0 Å². The van der Waals surface area contributed by atoms with Gasteiger partial charge in [0.1, 0.15) is 0 Å². The normalized spacial score (nSPS) is 22.9. The van der Waals surface area contributed by atoms with Gasteiger partial charge < -0.3 is 5.32 Å². The van der Waals surface area contributed by atoms with E-state index in [0.29, 0.717) is 6.54 Å². The first kappa shape index (κ1) is 18.2. The van der Waals surface area contributed by atoms with E-state index in [9.17, 15) is 13.2 Å². The van der Waals surface area contributed by atoms with Crippen LogP contribution in [0.4, 0.5) is 0 Å². The molecule has 2 N–H and O–H groups in total. The molecule has 0 aromatic carbocycles. The van der Waals surface area contributed by atoms with Crippen LogP contribution in [0.15, 0.2) is 0 Å². The van der Waals surface area contributed by atoms with Gasteiger partial charge in [-0.25, -0.2) is 19.7 Å². The maximum Gasteiger partial charge on any atom is 0.300 e. The molecule has 1 saturated heterocycles. The highest BCUT2D eigenvalue weighted by Crippen LogP contribution is 2.18. The van der Waals surface area contributed by atoms with Crippen LogP contribution in [-0.4, -0.2) is 56.8 Å². The number of hydrogen-bond acceptors (Lipinski definition) is 4. The molecule has 23 heavy (non-hydrogen) atoms. The monoisotopic (exact) mass is 342 g/mol. The van der Waals surface area contributed by atoms with Crippen molar-refractivity contribution in [3.05, 3.63) is 11.4 Å². The molecule has 1 heterocycles. The van der Waals surface area contributed by atoms with Crippen molar-refractivity contribution in [3.8, 4) is 0 Å². The van der Waals surface area contributed by atoms with Crippen molar-refractivity contribution in [1.82, 2.24) is 14.9 Å². The summed E-state index contributed by atoms with van der Waals surface area (Å²) in [4.78, 5) is 17.0. The summed E-state index contributed by atoms with van der Waals surface area (Å²) < 4.78 is 26.8. The molecule has 130 valence electrons. The second-order valence-corrected chi connectivity index (χ2v) is 8.16. The summed E-state index contributed by atoms with van der Waals surface area (Å²) in [6.45, 7) is 8.01. The highest BCUT2D eigenvalue weighted by molar-refractivity contribution is 7.89. The Morgan fingerprint density at radius 3 is 2.61 bits per heavy atom. The lowest BCUT2D eigenvalue weighted by atomic mass is 9.96. The van der Waals surface area contributed by atoms with Crippen molar-refractivity contribution in [3.63, 3.8) is 0 Å². The molecular weight excluding hydrogens is 316 g/mol. The van der Waals surface area contributed by atoms with E-state index in [1.165, 1.54) is 6.42 Å². The van der Waals surface area contributed by atoms with Crippen LogP contribution in [0.25, 0.3) is 4.85 Å². The minimum Gasteiger partial charge on any atom is -0.307 e. The maximum atomic E-state index is 12.0. The number of rotatable bonds is 7. The van der Waals surface area contributed by atoms with Gasteiger partial charge in [0.05, 0.1) is 12.3 Å². The van der Waals surface area contributed by atoms with Crippen LogP contribution in [0.2, 0.25) is 0 Å². The molecule has 7 nitrogen and oxygen atoms in total. The second kappa shape index (κ2) is 8.62. The number of likely N-dealkylation sites (tertiary alicyclic amines) is 1. The van der Waals surface area contributed by atoms with Gasteiger partial charge in [0.15, 0.2) is 0 Å². The molecule has 0 bridgehead atoms. The van der Waals surface area contributed by atoms with Gasteiger partial charge >= 0.3 is 6.17 Å². The molecule has 1 aliphatic heterocycles. The first-order valence-electron chi connectivity index (χ1n) is 8.38. The van der Waals surface area contributed by atoms with Crippen LogP contribution in [0.1, 0.15) is 44.9 Å². The lowest BCUT2D eigenvalue weighted by Gasteiger charge is -2.22. The molecule has 8 heteroatoms. The largest absolute Gasteiger partial charge is 0.307 e. The molecule has 0 radical (unpaired) electrons. The van der Waals surface area contributed by atoms with Gasteiger partial charge in [0.25, 0.3) is 0 Å². The van der Waals surface area contributed by atoms with E-state index in [4.69, 9.17) is 6.57 Å². The van der Waals surface area contributed by atoms with Crippen molar-refractivity contribution < 1.29 is 13.2 Å². The van der Waals surface area contributed by atoms with Gasteiger partial charge in [-0.3, -0.25) is 14.5 Å². The molecule has 0 spiro atoms. The summed E-state index contributed by atoms with van der Waals surface area (Å²) in [6, 6.07) is 0.0689. The van der Waals surface area contributed by atoms with E-state index in [-0.39, 0.29) is 37.0 Å². The third-order valence-electron chi connectivity index (χ3n) is 4.47. The molecule has 1 aliphatic carbocycles. The topological polar surface area (TPSA) is 82.9 Å². The third kappa shape index (κ3) is 5.75. The summed E-state index contributed by atoms with van der Waals surface area (Å²) in [6.07, 6.45) is 6.42. The van der Waals surface area contributed by atoms with Crippen LogP contribution >= 0.6 is 0 Å². The van der Waals surface area contributed by atoms with Crippen LogP contribution in [0.5, 0.6) is 0 Å². The van der Waals surface area contributed by atoms with Crippen molar-refractivity contribution >= 4 is 15.9 Å². The number of nitrogens with zero attached hydrogens (tertiary/aromatic N) is 2. The highest BCUT2D eigenvalue weighted by atomic mass is 32.2. The molecule has 1 amide bonds. The SMILES string of the molecule is [C-]#[N+][C@@H]1CCCN1C(=O)CNCCS(=O)(=O)NC1CCCCC1. The van der Waals surface area contributed by atoms with Crippen molar-refractivity contribution in [2.24, 2.45) is 0 Å². The maximum absolute atomic E-state index is 12.0. The molecule has 0 unspecified atom stereocenters. The molecule has 2 fully saturated rings. The standard InChI is InChI=1S/C15H26N4O3S/c1-16-14-8-5-10-19(14)15(20)12-17-9-11-23(21,22)18-13-6-3-2-4-7-13/h13-14,17-18H,2-12H2/t14-/m0/s1. The zero-order valence-electron chi connectivity index (χ0n) is 13.5. The third-order valence-corrected chi connectivity index (χ3v) is 5.90. The van der Waals surface area contributed by atoms with Crippen LogP contribution in [0.3, 0.4) is 0 Å². The van der Waals surface area contributed by atoms with Gasteiger partial charge in [0.2, 0.25) is 15.9 Å². The fourth-order valence-electron chi connectivity index (χ4n) is 3.21. The minimum atomic E-state index is -3.30. The average Bonchev–Trinajstić information content (AvgIpc) is 3.00. The number of carbonyl (C=O) groups is 1. The smallest absolute Gasteiger partial charge is 0.300 e. The number of sulfonamides is 1. The van der Waals surface area contributed by atoms with Crippen molar-refractivity contribution in [2.75, 3.05) is 25.4 Å². The van der Waals surface area contributed by atoms with Crippen LogP contribution in [0, 0.1) is 6.57 Å². The quantitative estimate of drug-likeness (QED) is 0.527. The molecular formula is C15H26N4O3S. The van der Waals surface area contributed by atoms with E-state index in [1.54, 1.807) is 4.90 Å². The number of hydrogen-bond donors (Lipinski definition) is 2. The van der Waals surface area contributed by atoms with Crippen molar-refractivity contribution in [2.45, 2.75) is 57.2 Å². The van der Waals surface area contributed by atoms with Crippen LogP contribution < -0.4 is 10.0 Å². The molecule has 2 rings (SSSR count). The predicted molar refractivity (Wildman–Crippen MR) is 88.0 cm³/mol. The van der Waals surface area contributed by atoms with E-state index >= 15 is 0 Å². The molecule has 0 aromatic rings. The Hall–Kier alpha value is -1.17. The van der Waals surface area contributed by atoms with Gasteiger partial charge in [-0.15, -0.1) is 0 Å². The van der Waals surface area contributed by atoms with E-state index in [1.807, 2.05) is 0 Å². The second-order valence-electron chi connectivity index (χ2n) is 6.29. The molecule has 1 saturated carbocycles. The van der Waals surface area contributed by atoms with E-state index < -0.39 is 10.0 Å². The zero-order chi connectivity index (χ0) is 16.7. The summed E-state index contributed by atoms with van der Waals surface area (Å²) in [5.41, 5.74) is 0. The average molecular weight is 342 g/mol. The lowest BCUT2D eigenvalue weighted by Crippen LogP contribution is -2.43. The number of carbonyl (C=O) groups excluding carboxylic acids is 1. The van der Waals surface area contributed by atoms with Crippen molar-refractivity contribution in [1.29, 1.82) is 0 Å². The first-order valence-corrected chi connectivity index (χ1v) is 10.0. The Morgan fingerprint density at radius 2 is 1.91 bits per heavy atom. The Morgan fingerprint density at radius 1 is 1.17 bits per heavy atom. The Kier molecular flexibility index (Phi) is 6.81.